The molecule has 1 aliphatic rings. The van der Waals surface area contributed by atoms with Gasteiger partial charge in [-0.2, -0.15) is 0 Å². The molecule has 110 valence electrons. The fourth-order valence-corrected chi connectivity index (χ4v) is 4.12. The van der Waals surface area contributed by atoms with E-state index in [1.807, 2.05) is 12.1 Å². The normalized spacial score (nSPS) is 17.5. The van der Waals surface area contributed by atoms with E-state index in [0.717, 1.165) is 29.3 Å². The molecule has 3 rings (SSSR count). The summed E-state index contributed by atoms with van der Waals surface area (Å²) in [4.78, 5) is 12.2. The number of nitrogens with one attached hydrogen (secondary N) is 1. The molecule has 2 N–H and O–H groups in total. The fourth-order valence-electron chi connectivity index (χ4n) is 2.74. The van der Waals surface area contributed by atoms with Crippen LogP contribution in [0.4, 0.5) is 0 Å². The second kappa shape index (κ2) is 6.18. The number of aryl methyl sites for hydroxylation is 1. The quantitative estimate of drug-likeness (QED) is 0.884. The molecule has 2 aromatic rings. The molecule has 1 aliphatic carbocycles. The second-order valence-corrected chi connectivity index (χ2v) is 7.02. The summed E-state index contributed by atoms with van der Waals surface area (Å²) in [6.45, 7) is 0.734. The fraction of sp³-hybridized carbons (Fsp3) is 0.312. The molecule has 5 heteroatoms. The first-order valence-corrected chi connectivity index (χ1v) is 8.16. The average molecular weight is 322 g/mol. The molecule has 0 fully saturated rings. The van der Waals surface area contributed by atoms with Crippen molar-refractivity contribution in [2.24, 2.45) is 0 Å². The van der Waals surface area contributed by atoms with Gasteiger partial charge < -0.3 is 10.4 Å². The highest BCUT2D eigenvalue weighted by atomic mass is 35.5. The summed E-state index contributed by atoms with van der Waals surface area (Å²) in [5, 5.41) is 12.5. The summed E-state index contributed by atoms with van der Waals surface area (Å²) >= 11 is 7.80. The predicted octanol–water partition coefficient (Wildman–Crippen LogP) is 4.27. The van der Waals surface area contributed by atoms with E-state index >= 15 is 0 Å². The predicted molar refractivity (Wildman–Crippen MR) is 85.2 cm³/mol. The molecule has 0 saturated heterocycles. The van der Waals surface area contributed by atoms with Gasteiger partial charge in [0.15, 0.2) is 0 Å². The van der Waals surface area contributed by atoms with E-state index in [4.69, 9.17) is 16.7 Å². The number of hydrogen-bond donors (Lipinski definition) is 2. The van der Waals surface area contributed by atoms with E-state index in [2.05, 4.69) is 11.4 Å². The summed E-state index contributed by atoms with van der Waals surface area (Å²) < 4.78 is 0.861. The summed E-state index contributed by atoms with van der Waals surface area (Å²) in [7, 11) is 0. The lowest BCUT2D eigenvalue weighted by Gasteiger charge is -2.23. The highest BCUT2D eigenvalue weighted by molar-refractivity contribution is 7.16. The number of fused-ring (bicyclic) bond motifs is 1. The highest BCUT2D eigenvalue weighted by Gasteiger charge is 2.22. The molecular formula is C16H16ClNO2S. The van der Waals surface area contributed by atoms with Gasteiger partial charge in [0.25, 0.3) is 0 Å². The lowest BCUT2D eigenvalue weighted by molar-refractivity contribution is 0.0697. The molecule has 0 aliphatic heterocycles. The first-order valence-electron chi connectivity index (χ1n) is 6.97. The molecule has 0 radical (unpaired) electrons. The molecular weight excluding hydrogens is 306 g/mol. The van der Waals surface area contributed by atoms with Crippen LogP contribution in [-0.4, -0.2) is 11.1 Å². The Kier molecular flexibility index (Phi) is 4.29. The summed E-state index contributed by atoms with van der Waals surface area (Å²) in [5.41, 5.74) is 2.75. The number of carboxylic acids is 1. The Hall–Kier alpha value is -1.36. The van der Waals surface area contributed by atoms with Crippen LogP contribution in [0.5, 0.6) is 0 Å². The summed E-state index contributed by atoms with van der Waals surface area (Å²) in [6, 6.07) is 9.44. The molecule has 1 heterocycles. The van der Waals surface area contributed by atoms with E-state index < -0.39 is 5.97 Å². The number of benzene rings is 1. The summed E-state index contributed by atoms with van der Waals surface area (Å²) in [6.07, 6.45) is 3.42. The van der Waals surface area contributed by atoms with Gasteiger partial charge in [-0.25, -0.2) is 4.79 Å². The molecule has 3 nitrogen and oxygen atoms in total. The first kappa shape index (κ1) is 14.6. The van der Waals surface area contributed by atoms with Crippen LogP contribution in [0.1, 0.15) is 45.2 Å². The van der Waals surface area contributed by atoms with Crippen molar-refractivity contribution in [2.45, 2.75) is 31.8 Å². The zero-order chi connectivity index (χ0) is 14.8. The van der Waals surface area contributed by atoms with E-state index in [1.165, 1.54) is 16.9 Å². The van der Waals surface area contributed by atoms with Crippen molar-refractivity contribution in [3.8, 4) is 0 Å². The Morgan fingerprint density at radius 1 is 1.38 bits per heavy atom. The molecule has 0 spiro atoms. The topological polar surface area (TPSA) is 49.3 Å². The van der Waals surface area contributed by atoms with Gasteiger partial charge in [0.1, 0.15) is 0 Å². The number of rotatable bonds is 4. The molecule has 0 saturated carbocycles. The smallest absolute Gasteiger partial charge is 0.335 e. The zero-order valence-corrected chi connectivity index (χ0v) is 13.0. The minimum atomic E-state index is -0.889. The minimum absolute atomic E-state index is 0.323. The number of aromatic carboxylic acids is 1. The van der Waals surface area contributed by atoms with Gasteiger partial charge in [-0.3, -0.25) is 0 Å². The maximum absolute atomic E-state index is 10.8. The Morgan fingerprint density at radius 2 is 2.14 bits per heavy atom. The van der Waals surface area contributed by atoms with Crippen LogP contribution in [0.15, 0.2) is 30.3 Å². The van der Waals surface area contributed by atoms with Crippen molar-refractivity contribution in [3.05, 3.63) is 56.2 Å². The van der Waals surface area contributed by atoms with Crippen molar-refractivity contribution >= 4 is 28.9 Å². The van der Waals surface area contributed by atoms with Gasteiger partial charge in [0.05, 0.1) is 9.90 Å². The Labute approximate surface area is 132 Å². The standard InChI is InChI=1S/C16H16ClNO2S/c17-15-8-12-13(2-1-3-14(12)21-15)18-9-10-4-6-11(7-5-10)16(19)20/h4-8,13,18H,1-3,9H2,(H,19,20). The molecule has 0 amide bonds. The maximum Gasteiger partial charge on any atom is 0.335 e. The molecule has 0 bridgehead atoms. The van der Waals surface area contributed by atoms with Crippen LogP contribution in [0, 0.1) is 0 Å². The van der Waals surface area contributed by atoms with Gasteiger partial charge in [0, 0.05) is 17.5 Å². The molecule has 1 atom stereocenters. The third kappa shape index (κ3) is 3.28. The molecule has 1 aromatic heterocycles. The Morgan fingerprint density at radius 3 is 2.86 bits per heavy atom. The van der Waals surface area contributed by atoms with Crippen LogP contribution < -0.4 is 5.32 Å². The first-order chi connectivity index (χ1) is 10.1. The van der Waals surface area contributed by atoms with E-state index in [1.54, 1.807) is 23.5 Å². The Balaban J connectivity index is 1.67. The van der Waals surface area contributed by atoms with Crippen LogP contribution in [0.2, 0.25) is 4.34 Å². The molecule has 1 unspecified atom stereocenters. The average Bonchev–Trinajstić information content (AvgIpc) is 2.86. The lowest BCUT2D eigenvalue weighted by Crippen LogP contribution is -2.23. The number of carbonyl (C=O) groups is 1. The van der Waals surface area contributed by atoms with E-state index in [9.17, 15) is 4.79 Å². The van der Waals surface area contributed by atoms with Crippen molar-refractivity contribution < 1.29 is 9.90 Å². The molecule has 1 aromatic carbocycles. The monoisotopic (exact) mass is 321 g/mol. The Bertz CT molecular complexity index is 651. The van der Waals surface area contributed by atoms with Crippen LogP contribution in [0.3, 0.4) is 0 Å². The van der Waals surface area contributed by atoms with Crippen LogP contribution in [-0.2, 0) is 13.0 Å². The minimum Gasteiger partial charge on any atom is -0.478 e. The zero-order valence-electron chi connectivity index (χ0n) is 11.4. The molecule has 21 heavy (non-hydrogen) atoms. The van der Waals surface area contributed by atoms with Gasteiger partial charge >= 0.3 is 5.97 Å². The third-order valence-electron chi connectivity index (χ3n) is 3.84. The van der Waals surface area contributed by atoms with Gasteiger partial charge in [0.2, 0.25) is 0 Å². The third-order valence-corrected chi connectivity index (χ3v) is 5.18. The van der Waals surface area contributed by atoms with Crippen molar-refractivity contribution in [2.75, 3.05) is 0 Å². The SMILES string of the molecule is O=C(O)c1ccc(CNC2CCCc3sc(Cl)cc32)cc1. The largest absolute Gasteiger partial charge is 0.478 e. The van der Waals surface area contributed by atoms with Crippen LogP contribution >= 0.6 is 22.9 Å². The second-order valence-electron chi connectivity index (χ2n) is 5.26. The van der Waals surface area contributed by atoms with Crippen LogP contribution in [0.25, 0.3) is 0 Å². The van der Waals surface area contributed by atoms with Crippen molar-refractivity contribution in [1.29, 1.82) is 0 Å². The van der Waals surface area contributed by atoms with Gasteiger partial charge in [-0.15, -0.1) is 11.3 Å². The summed E-state index contributed by atoms with van der Waals surface area (Å²) in [5.74, 6) is -0.889. The van der Waals surface area contributed by atoms with Crippen molar-refractivity contribution in [3.63, 3.8) is 0 Å². The number of carboxylic acid groups (broad SMARTS) is 1. The van der Waals surface area contributed by atoms with Gasteiger partial charge in [-0.1, -0.05) is 23.7 Å². The van der Waals surface area contributed by atoms with E-state index in [0.29, 0.717) is 11.6 Å². The number of hydrogen-bond acceptors (Lipinski definition) is 3. The maximum atomic E-state index is 10.8. The van der Waals surface area contributed by atoms with E-state index in [-0.39, 0.29) is 0 Å². The van der Waals surface area contributed by atoms with Gasteiger partial charge in [-0.05, 0) is 48.6 Å². The number of halogens is 1. The highest BCUT2D eigenvalue weighted by Crippen LogP contribution is 2.37. The number of thiophene rings is 1. The lowest BCUT2D eigenvalue weighted by atomic mass is 9.94. The van der Waals surface area contributed by atoms with Crippen molar-refractivity contribution in [1.82, 2.24) is 5.32 Å².